The van der Waals surface area contributed by atoms with Crippen LogP contribution in [0.4, 0.5) is 0 Å². The molecule has 9 nitrogen and oxygen atoms in total. The Morgan fingerprint density at radius 2 is 2.00 bits per heavy atom. The number of hydrogen-bond acceptors (Lipinski definition) is 7. The Morgan fingerprint density at radius 3 is 2.69 bits per heavy atom. The van der Waals surface area contributed by atoms with E-state index in [0.717, 1.165) is 5.56 Å². The zero-order valence-electron chi connectivity index (χ0n) is 20.7. The number of thiophene rings is 1. The summed E-state index contributed by atoms with van der Waals surface area (Å²) in [5.41, 5.74) is 1.45. The molecule has 0 aliphatic carbocycles. The van der Waals surface area contributed by atoms with Gasteiger partial charge in [-0.15, -0.1) is 11.3 Å². The van der Waals surface area contributed by atoms with E-state index in [0.29, 0.717) is 35.7 Å². The van der Waals surface area contributed by atoms with E-state index in [1.165, 1.54) is 21.8 Å². The average molecular weight is 509 g/mol. The number of pyridine rings is 2. The lowest BCUT2D eigenvalue weighted by Crippen LogP contribution is -2.33. The minimum absolute atomic E-state index is 0.0329. The summed E-state index contributed by atoms with van der Waals surface area (Å²) in [5.74, 6) is -1.16. The number of nitrogens with zero attached hydrogens (tertiary/aromatic N) is 4. The van der Waals surface area contributed by atoms with Gasteiger partial charge in [0, 0.05) is 19.3 Å². The van der Waals surface area contributed by atoms with Crippen LogP contribution in [0.3, 0.4) is 0 Å². The number of ether oxygens (including phenoxy) is 2. The van der Waals surface area contributed by atoms with Crippen LogP contribution < -0.4 is 11.0 Å². The molecule has 0 saturated heterocycles. The Kier molecular flexibility index (Phi) is 7.76. The third-order valence-electron chi connectivity index (χ3n) is 5.52. The molecule has 10 heteroatoms. The van der Waals surface area contributed by atoms with Crippen LogP contribution in [0.2, 0.25) is 0 Å². The van der Waals surface area contributed by atoms with Gasteiger partial charge in [0.15, 0.2) is 5.49 Å². The monoisotopic (exact) mass is 508 g/mol. The second-order valence-corrected chi connectivity index (χ2v) is 9.41. The summed E-state index contributed by atoms with van der Waals surface area (Å²) in [6, 6.07) is 8.50. The molecule has 4 rings (SSSR count). The molecular weight excluding hydrogens is 480 g/mol. The zero-order chi connectivity index (χ0) is 25.8. The van der Waals surface area contributed by atoms with Crippen molar-refractivity contribution in [3.63, 3.8) is 0 Å². The molecule has 36 heavy (non-hydrogen) atoms. The quantitative estimate of drug-likeness (QED) is 0.204. The molecule has 0 saturated carbocycles. The van der Waals surface area contributed by atoms with E-state index < -0.39 is 11.9 Å². The summed E-state index contributed by atoms with van der Waals surface area (Å²) in [6.07, 6.45) is 2.24. The first-order chi connectivity index (χ1) is 17.3. The minimum atomic E-state index is -0.668. The van der Waals surface area contributed by atoms with Gasteiger partial charge in [0.05, 0.1) is 23.0 Å². The highest BCUT2D eigenvalue weighted by Gasteiger charge is 2.21. The van der Waals surface area contributed by atoms with Crippen molar-refractivity contribution in [2.75, 3.05) is 13.2 Å². The molecular formula is C26H28N4O5S. The van der Waals surface area contributed by atoms with E-state index in [-0.39, 0.29) is 34.7 Å². The fraction of sp³-hybridized carbons (Fsp3) is 0.346. The predicted molar refractivity (Wildman–Crippen MR) is 138 cm³/mol. The summed E-state index contributed by atoms with van der Waals surface area (Å²) >= 11 is 1.26. The number of carbonyl (C=O) groups is 2. The number of amides is 1. The number of hydrogen-bond donors (Lipinski definition) is 0. The van der Waals surface area contributed by atoms with E-state index in [1.54, 1.807) is 41.3 Å². The van der Waals surface area contributed by atoms with Crippen molar-refractivity contribution in [2.24, 2.45) is 4.99 Å². The second-order valence-electron chi connectivity index (χ2n) is 8.46. The molecule has 4 aromatic rings. The van der Waals surface area contributed by atoms with Crippen LogP contribution in [0.25, 0.3) is 16.7 Å². The maximum absolute atomic E-state index is 13.5. The van der Waals surface area contributed by atoms with E-state index in [1.807, 2.05) is 26.8 Å². The Labute approximate surface area is 211 Å². The lowest BCUT2D eigenvalue weighted by Gasteiger charge is -2.16. The van der Waals surface area contributed by atoms with Gasteiger partial charge in [-0.05, 0) is 63.3 Å². The van der Waals surface area contributed by atoms with Gasteiger partial charge in [0.1, 0.15) is 16.9 Å². The average Bonchev–Trinajstić information content (AvgIpc) is 3.38. The molecule has 0 radical (unpaired) electrons. The number of esters is 1. The largest absolute Gasteiger partial charge is 0.462 e. The second kappa shape index (κ2) is 11.0. The maximum Gasteiger partial charge on any atom is 0.341 e. The van der Waals surface area contributed by atoms with E-state index in [9.17, 15) is 14.4 Å². The van der Waals surface area contributed by atoms with Gasteiger partial charge in [-0.3, -0.25) is 14.0 Å². The summed E-state index contributed by atoms with van der Waals surface area (Å²) in [4.78, 5) is 49.1. The van der Waals surface area contributed by atoms with Gasteiger partial charge in [-0.1, -0.05) is 12.1 Å². The van der Waals surface area contributed by atoms with Crippen LogP contribution in [0.15, 0.2) is 51.7 Å². The van der Waals surface area contributed by atoms with E-state index in [2.05, 4.69) is 4.99 Å². The minimum Gasteiger partial charge on any atom is -0.462 e. The molecule has 0 aromatic carbocycles. The van der Waals surface area contributed by atoms with Crippen LogP contribution in [-0.4, -0.2) is 45.1 Å². The first kappa shape index (κ1) is 25.5. The smallest absolute Gasteiger partial charge is 0.341 e. The SMILES string of the molecule is CCOC(=O)c1cc2c(=O)n3cccc(C)c3nc2n(CCCOC(C)C)c1=NC(=O)c1cccs1. The van der Waals surface area contributed by atoms with Crippen molar-refractivity contribution in [1.29, 1.82) is 0 Å². The number of carbonyl (C=O) groups excluding carboxylic acids is 2. The van der Waals surface area contributed by atoms with Crippen LogP contribution in [0.1, 0.15) is 52.8 Å². The van der Waals surface area contributed by atoms with E-state index >= 15 is 0 Å². The molecule has 4 heterocycles. The van der Waals surface area contributed by atoms with Crippen LogP contribution >= 0.6 is 11.3 Å². The third-order valence-corrected chi connectivity index (χ3v) is 6.37. The fourth-order valence-corrected chi connectivity index (χ4v) is 4.48. The van der Waals surface area contributed by atoms with Crippen LogP contribution in [0, 0.1) is 6.92 Å². The molecule has 0 N–H and O–H groups in total. The Morgan fingerprint density at radius 1 is 1.19 bits per heavy atom. The van der Waals surface area contributed by atoms with Crippen molar-refractivity contribution in [3.8, 4) is 0 Å². The molecule has 0 unspecified atom stereocenters. The predicted octanol–water partition coefficient (Wildman–Crippen LogP) is 3.75. The highest BCUT2D eigenvalue weighted by atomic mass is 32.1. The highest BCUT2D eigenvalue weighted by Crippen LogP contribution is 2.15. The van der Waals surface area contributed by atoms with Gasteiger partial charge in [0.2, 0.25) is 0 Å². The Bertz CT molecular complexity index is 1550. The van der Waals surface area contributed by atoms with Gasteiger partial charge >= 0.3 is 5.97 Å². The molecule has 4 aromatic heterocycles. The summed E-state index contributed by atoms with van der Waals surface area (Å²) in [7, 11) is 0. The maximum atomic E-state index is 13.5. The highest BCUT2D eigenvalue weighted by molar-refractivity contribution is 7.12. The van der Waals surface area contributed by atoms with Crippen molar-refractivity contribution in [3.05, 3.63) is 73.8 Å². The topological polar surface area (TPSA) is 104 Å². The molecule has 0 fully saturated rings. The molecule has 0 aliphatic rings. The number of aryl methyl sites for hydroxylation is 2. The standard InChI is InChI=1S/C26H28N4O5S/c1-5-34-26(33)19-15-18-22(27-21-17(4)9-6-11-30(21)25(18)32)29(12-8-13-35-16(2)3)23(19)28-24(31)20-10-7-14-36-20/h6-7,9-11,14-16H,5,8,12-13H2,1-4H3. The molecule has 0 spiro atoms. The lowest BCUT2D eigenvalue weighted by molar-refractivity contribution is 0.0523. The number of rotatable bonds is 8. The van der Waals surface area contributed by atoms with Crippen molar-refractivity contribution >= 4 is 39.9 Å². The van der Waals surface area contributed by atoms with Gasteiger partial charge in [0.25, 0.3) is 11.5 Å². The molecule has 0 atom stereocenters. The van der Waals surface area contributed by atoms with Gasteiger partial charge in [-0.2, -0.15) is 4.99 Å². The molecule has 0 bridgehead atoms. The van der Waals surface area contributed by atoms with Gasteiger partial charge < -0.3 is 14.0 Å². The number of aromatic nitrogens is 3. The molecule has 1 amide bonds. The lowest BCUT2D eigenvalue weighted by atomic mass is 10.2. The van der Waals surface area contributed by atoms with Crippen LogP contribution in [0.5, 0.6) is 0 Å². The fourth-order valence-electron chi connectivity index (χ4n) is 3.87. The number of fused-ring (bicyclic) bond motifs is 2. The molecule has 188 valence electrons. The first-order valence-corrected chi connectivity index (χ1v) is 12.7. The summed E-state index contributed by atoms with van der Waals surface area (Å²) in [5, 5.41) is 2.01. The Hall–Kier alpha value is -3.63. The third kappa shape index (κ3) is 5.14. The van der Waals surface area contributed by atoms with Crippen molar-refractivity contribution in [1.82, 2.24) is 14.0 Å². The van der Waals surface area contributed by atoms with E-state index in [4.69, 9.17) is 14.5 Å². The molecule has 0 aliphatic heterocycles. The van der Waals surface area contributed by atoms with Crippen molar-refractivity contribution < 1.29 is 19.1 Å². The normalized spacial score (nSPS) is 12.1. The zero-order valence-corrected chi connectivity index (χ0v) is 21.5. The van der Waals surface area contributed by atoms with Crippen LogP contribution in [-0.2, 0) is 16.0 Å². The summed E-state index contributed by atoms with van der Waals surface area (Å²) in [6.45, 7) is 8.35. The summed E-state index contributed by atoms with van der Waals surface area (Å²) < 4.78 is 14.1. The van der Waals surface area contributed by atoms with Crippen molar-refractivity contribution in [2.45, 2.75) is 46.8 Å². The van der Waals surface area contributed by atoms with Gasteiger partial charge in [-0.25, -0.2) is 9.78 Å². The Balaban J connectivity index is 2.06. The first-order valence-electron chi connectivity index (χ1n) is 11.8.